The number of nitrogens with one attached hydrogen (secondary N) is 1. The van der Waals surface area contributed by atoms with Gasteiger partial charge in [-0.3, -0.25) is 9.59 Å². The van der Waals surface area contributed by atoms with Crippen LogP contribution in [0, 0.1) is 5.41 Å². The van der Waals surface area contributed by atoms with Gasteiger partial charge in [-0.15, -0.1) is 0 Å². The van der Waals surface area contributed by atoms with Crippen LogP contribution in [0.1, 0.15) is 75.8 Å². The zero-order chi connectivity index (χ0) is 20.6. The van der Waals surface area contributed by atoms with E-state index in [4.69, 9.17) is 4.74 Å². The minimum atomic E-state index is -0.194. The first-order chi connectivity index (χ1) is 14.0. The van der Waals surface area contributed by atoms with Crippen molar-refractivity contribution in [1.82, 2.24) is 15.1 Å². The zero-order valence-corrected chi connectivity index (χ0v) is 17.6. The summed E-state index contributed by atoms with van der Waals surface area (Å²) < 4.78 is 7.43. The third kappa shape index (κ3) is 3.37. The van der Waals surface area contributed by atoms with E-state index in [1.54, 1.807) is 6.07 Å². The summed E-state index contributed by atoms with van der Waals surface area (Å²) in [6.07, 6.45) is 6.91. The molecule has 2 aliphatic rings. The van der Waals surface area contributed by atoms with Crippen molar-refractivity contribution >= 4 is 16.7 Å². The highest BCUT2D eigenvalue weighted by molar-refractivity contribution is 6.05. The second-order valence-corrected chi connectivity index (χ2v) is 8.74. The number of benzene rings is 1. The quantitative estimate of drug-likeness (QED) is 0.832. The Bertz CT molecular complexity index is 959. The van der Waals surface area contributed by atoms with Gasteiger partial charge in [0.25, 0.3) is 11.5 Å². The molecule has 2 saturated carbocycles. The molecule has 2 aliphatic carbocycles. The van der Waals surface area contributed by atoms with Gasteiger partial charge in [0, 0.05) is 23.4 Å². The van der Waals surface area contributed by atoms with E-state index in [-0.39, 0.29) is 35.1 Å². The predicted octanol–water partition coefficient (Wildman–Crippen LogP) is 3.84. The summed E-state index contributed by atoms with van der Waals surface area (Å²) in [5.41, 5.74) is 0.224. The summed E-state index contributed by atoms with van der Waals surface area (Å²) in [5.74, 6) is -0.194. The standard InChI is InChI=1S/C23H31N3O3/c1-4-29-19-14-18(23(19)12-8-5-9-13-23)24-21(27)20-16-10-6-7-11-17(16)22(28)26(25-20)15(2)3/h6-7,10-11,15,18-19H,4-5,8-9,12-14H2,1-3H3,(H,24,27)/t18-,19-/m0/s1. The Balaban J connectivity index is 1.66. The van der Waals surface area contributed by atoms with Crippen LogP contribution >= 0.6 is 0 Å². The van der Waals surface area contributed by atoms with Gasteiger partial charge in [0.05, 0.1) is 17.5 Å². The molecule has 1 aromatic carbocycles. The van der Waals surface area contributed by atoms with Gasteiger partial charge in [-0.1, -0.05) is 37.5 Å². The molecule has 156 valence electrons. The van der Waals surface area contributed by atoms with Crippen LogP contribution in [0.5, 0.6) is 0 Å². The lowest BCUT2D eigenvalue weighted by atomic mass is 9.55. The minimum Gasteiger partial charge on any atom is -0.378 e. The van der Waals surface area contributed by atoms with Gasteiger partial charge in [0.2, 0.25) is 0 Å². The summed E-state index contributed by atoms with van der Waals surface area (Å²) in [4.78, 5) is 26.1. The number of amides is 1. The molecule has 2 aromatic rings. The number of nitrogens with zero attached hydrogens (tertiary/aromatic N) is 2. The zero-order valence-electron chi connectivity index (χ0n) is 17.6. The van der Waals surface area contributed by atoms with Crippen LogP contribution in [-0.2, 0) is 4.74 Å². The molecule has 2 atom stereocenters. The van der Waals surface area contributed by atoms with Gasteiger partial charge >= 0.3 is 0 Å². The van der Waals surface area contributed by atoms with Gasteiger partial charge in [-0.25, -0.2) is 4.68 Å². The van der Waals surface area contributed by atoms with Crippen LogP contribution in [0.15, 0.2) is 29.1 Å². The largest absolute Gasteiger partial charge is 0.378 e. The molecule has 1 amide bonds. The molecule has 1 spiro atoms. The van der Waals surface area contributed by atoms with Crippen molar-refractivity contribution < 1.29 is 9.53 Å². The summed E-state index contributed by atoms with van der Waals surface area (Å²) >= 11 is 0. The average molecular weight is 398 g/mol. The fourth-order valence-electron chi connectivity index (χ4n) is 5.22. The Morgan fingerprint density at radius 2 is 1.93 bits per heavy atom. The van der Waals surface area contributed by atoms with Crippen molar-refractivity contribution in [2.45, 2.75) is 77.5 Å². The van der Waals surface area contributed by atoms with Crippen molar-refractivity contribution in [3.05, 3.63) is 40.3 Å². The molecular formula is C23H31N3O3. The molecule has 0 bridgehead atoms. The lowest BCUT2D eigenvalue weighted by Gasteiger charge is -2.57. The summed E-state index contributed by atoms with van der Waals surface area (Å²) in [6.45, 7) is 6.55. The lowest BCUT2D eigenvalue weighted by Crippen LogP contribution is -2.65. The number of aromatic nitrogens is 2. The van der Waals surface area contributed by atoms with Crippen molar-refractivity contribution in [2.24, 2.45) is 5.41 Å². The van der Waals surface area contributed by atoms with Crippen molar-refractivity contribution in [2.75, 3.05) is 6.61 Å². The van der Waals surface area contributed by atoms with E-state index in [0.717, 1.165) is 19.3 Å². The first kappa shape index (κ1) is 20.1. The first-order valence-electron chi connectivity index (χ1n) is 10.9. The third-order valence-corrected chi connectivity index (χ3v) is 6.78. The van der Waals surface area contributed by atoms with Gasteiger partial charge < -0.3 is 10.1 Å². The maximum atomic E-state index is 13.3. The van der Waals surface area contributed by atoms with Crippen LogP contribution in [0.4, 0.5) is 0 Å². The van der Waals surface area contributed by atoms with Crippen LogP contribution in [0.3, 0.4) is 0 Å². The smallest absolute Gasteiger partial charge is 0.274 e. The minimum absolute atomic E-state index is 0.0478. The average Bonchev–Trinajstić information content (AvgIpc) is 2.73. The van der Waals surface area contributed by atoms with Gasteiger partial charge in [0.1, 0.15) is 0 Å². The predicted molar refractivity (Wildman–Crippen MR) is 113 cm³/mol. The lowest BCUT2D eigenvalue weighted by molar-refractivity contribution is -0.146. The van der Waals surface area contributed by atoms with Crippen LogP contribution in [0.2, 0.25) is 0 Å². The molecule has 29 heavy (non-hydrogen) atoms. The van der Waals surface area contributed by atoms with Crippen molar-refractivity contribution in [1.29, 1.82) is 0 Å². The molecule has 6 nitrogen and oxygen atoms in total. The highest BCUT2D eigenvalue weighted by atomic mass is 16.5. The van der Waals surface area contributed by atoms with Crippen molar-refractivity contribution in [3.63, 3.8) is 0 Å². The number of hydrogen-bond acceptors (Lipinski definition) is 4. The molecule has 1 N–H and O–H groups in total. The molecule has 0 unspecified atom stereocenters. The number of carbonyl (C=O) groups excluding carboxylic acids is 1. The molecule has 6 heteroatoms. The third-order valence-electron chi connectivity index (χ3n) is 6.78. The van der Waals surface area contributed by atoms with Crippen LogP contribution < -0.4 is 10.9 Å². The Morgan fingerprint density at radius 3 is 2.59 bits per heavy atom. The van der Waals surface area contributed by atoms with Crippen LogP contribution in [0.25, 0.3) is 10.8 Å². The second-order valence-electron chi connectivity index (χ2n) is 8.74. The molecule has 0 radical (unpaired) electrons. The second kappa shape index (κ2) is 7.90. The SMILES string of the molecule is CCO[C@H]1C[C@H](NC(=O)c2nn(C(C)C)c(=O)c3ccccc23)C12CCCCC2. The molecule has 1 aromatic heterocycles. The Labute approximate surface area is 171 Å². The highest BCUT2D eigenvalue weighted by Crippen LogP contribution is 2.53. The monoisotopic (exact) mass is 397 g/mol. The maximum Gasteiger partial charge on any atom is 0.274 e. The summed E-state index contributed by atoms with van der Waals surface area (Å²) in [5, 5.41) is 8.88. The molecule has 2 fully saturated rings. The number of ether oxygens (including phenoxy) is 1. The molecule has 4 rings (SSSR count). The number of hydrogen-bond donors (Lipinski definition) is 1. The van der Waals surface area contributed by atoms with E-state index < -0.39 is 0 Å². The van der Waals surface area contributed by atoms with E-state index >= 15 is 0 Å². The Morgan fingerprint density at radius 1 is 1.24 bits per heavy atom. The normalized spacial score (nSPS) is 23.3. The van der Waals surface area contributed by atoms with Gasteiger partial charge in [-0.2, -0.15) is 5.10 Å². The summed E-state index contributed by atoms with van der Waals surface area (Å²) in [7, 11) is 0. The van der Waals surface area contributed by atoms with E-state index in [0.29, 0.717) is 23.1 Å². The fourth-order valence-corrected chi connectivity index (χ4v) is 5.22. The van der Waals surface area contributed by atoms with Gasteiger partial charge in [0.15, 0.2) is 5.69 Å². The van der Waals surface area contributed by atoms with E-state index in [1.165, 1.54) is 23.9 Å². The van der Waals surface area contributed by atoms with E-state index in [1.807, 2.05) is 39.0 Å². The molecule has 0 aliphatic heterocycles. The maximum absolute atomic E-state index is 13.3. The number of carbonyl (C=O) groups is 1. The Kier molecular flexibility index (Phi) is 5.47. The topological polar surface area (TPSA) is 73.2 Å². The van der Waals surface area contributed by atoms with E-state index in [2.05, 4.69) is 10.4 Å². The van der Waals surface area contributed by atoms with Crippen molar-refractivity contribution in [3.8, 4) is 0 Å². The molecule has 0 saturated heterocycles. The molecular weight excluding hydrogens is 366 g/mol. The number of rotatable bonds is 5. The van der Waals surface area contributed by atoms with E-state index in [9.17, 15) is 9.59 Å². The first-order valence-corrected chi connectivity index (χ1v) is 10.9. The fraction of sp³-hybridized carbons (Fsp3) is 0.609. The van der Waals surface area contributed by atoms with Crippen LogP contribution in [-0.4, -0.2) is 34.4 Å². The van der Waals surface area contributed by atoms with Gasteiger partial charge in [-0.05, 0) is 46.1 Å². The number of fused-ring (bicyclic) bond motifs is 1. The Hall–Kier alpha value is -2.21. The molecule has 1 heterocycles. The summed E-state index contributed by atoms with van der Waals surface area (Å²) in [6, 6.07) is 7.24. The highest BCUT2D eigenvalue weighted by Gasteiger charge is 2.56.